The van der Waals surface area contributed by atoms with Crippen molar-refractivity contribution in [3.8, 4) is 0 Å². The first-order valence-electron chi connectivity index (χ1n) is 6.94. The van der Waals surface area contributed by atoms with Crippen molar-refractivity contribution in [1.82, 2.24) is 9.78 Å². The average molecular weight is 274 g/mol. The second kappa shape index (κ2) is 4.77. The average Bonchev–Trinajstić information content (AvgIpc) is 2.73. The minimum absolute atomic E-state index is 0.190. The highest BCUT2D eigenvalue weighted by Crippen LogP contribution is 2.35. The van der Waals surface area contributed by atoms with Gasteiger partial charge in [0.2, 0.25) is 0 Å². The van der Waals surface area contributed by atoms with Crippen molar-refractivity contribution >= 4 is 22.3 Å². The first kappa shape index (κ1) is 12.9. The lowest BCUT2D eigenvalue weighted by molar-refractivity contribution is -0.384. The van der Waals surface area contributed by atoms with Gasteiger partial charge in [-0.3, -0.25) is 14.8 Å². The zero-order chi connectivity index (χ0) is 14.3. The van der Waals surface area contributed by atoms with Gasteiger partial charge < -0.3 is 4.90 Å². The Bertz CT molecular complexity index is 671. The van der Waals surface area contributed by atoms with Crippen LogP contribution in [0.5, 0.6) is 0 Å². The van der Waals surface area contributed by atoms with Crippen LogP contribution in [0.25, 0.3) is 10.9 Å². The van der Waals surface area contributed by atoms with E-state index in [1.165, 1.54) is 6.42 Å². The zero-order valence-corrected chi connectivity index (χ0v) is 11.8. The van der Waals surface area contributed by atoms with Crippen molar-refractivity contribution in [3.05, 3.63) is 27.9 Å². The van der Waals surface area contributed by atoms with Gasteiger partial charge >= 0.3 is 0 Å². The summed E-state index contributed by atoms with van der Waals surface area (Å²) in [5, 5.41) is 16.7. The molecule has 106 valence electrons. The molecule has 2 aromatic rings. The van der Waals surface area contributed by atoms with E-state index >= 15 is 0 Å². The van der Waals surface area contributed by atoms with Gasteiger partial charge in [-0.1, -0.05) is 0 Å². The largest absolute Gasteiger partial charge is 0.366 e. The molecular weight excluding hydrogens is 256 g/mol. The number of nitrogens with zero attached hydrogens (tertiary/aromatic N) is 4. The summed E-state index contributed by atoms with van der Waals surface area (Å²) in [7, 11) is 1.86. The molecule has 0 N–H and O–H groups in total. The molecule has 0 spiro atoms. The van der Waals surface area contributed by atoms with E-state index in [9.17, 15) is 10.1 Å². The van der Waals surface area contributed by atoms with Crippen LogP contribution in [0.3, 0.4) is 0 Å². The summed E-state index contributed by atoms with van der Waals surface area (Å²) < 4.78 is 1.77. The molecule has 0 unspecified atom stereocenters. The monoisotopic (exact) mass is 274 g/mol. The smallest absolute Gasteiger partial charge is 0.293 e. The Morgan fingerprint density at radius 2 is 1.95 bits per heavy atom. The molecule has 1 aliphatic heterocycles. The van der Waals surface area contributed by atoms with Crippen molar-refractivity contribution in [2.45, 2.75) is 26.2 Å². The summed E-state index contributed by atoms with van der Waals surface area (Å²) in [6, 6.07) is 3.54. The first-order chi connectivity index (χ1) is 9.58. The number of aryl methyl sites for hydroxylation is 2. The third-order valence-corrected chi connectivity index (χ3v) is 4.12. The van der Waals surface area contributed by atoms with Crippen LogP contribution in [0.15, 0.2) is 12.1 Å². The Labute approximate surface area is 117 Å². The molecule has 0 atom stereocenters. The molecule has 20 heavy (non-hydrogen) atoms. The van der Waals surface area contributed by atoms with Gasteiger partial charge in [0, 0.05) is 37.3 Å². The molecule has 0 saturated carbocycles. The number of nitro benzene ring substituents is 1. The fraction of sp³-hybridized carbons (Fsp3) is 0.500. The van der Waals surface area contributed by atoms with Crippen molar-refractivity contribution in [3.63, 3.8) is 0 Å². The van der Waals surface area contributed by atoms with Gasteiger partial charge in [-0.2, -0.15) is 5.10 Å². The van der Waals surface area contributed by atoms with Gasteiger partial charge in [0.1, 0.15) is 5.69 Å². The number of fused-ring (bicyclic) bond motifs is 1. The lowest BCUT2D eigenvalue weighted by atomic mass is 10.1. The molecule has 1 fully saturated rings. The molecule has 1 aromatic carbocycles. The molecule has 0 bridgehead atoms. The molecule has 0 amide bonds. The van der Waals surface area contributed by atoms with E-state index in [0.717, 1.165) is 42.5 Å². The summed E-state index contributed by atoms with van der Waals surface area (Å²) in [5.41, 5.74) is 2.68. The summed E-state index contributed by atoms with van der Waals surface area (Å²) in [6.07, 6.45) is 3.39. The lowest BCUT2D eigenvalue weighted by Crippen LogP contribution is -2.29. The Morgan fingerprint density at radius 3 is 2.60 bits per heavy atom. The fourth-order valence-corrected chi connectivity index (χ4v) is 2.88. The number of benzene rings is 1. The molecule has 1 aliphatic rings. The van der Waals surface area contributed by atoms with Crippen molar-refractivity contribution in [2.24, 2.45) is 7.05 Å². The van der Waals surface area contributed by atoms with E-state index in [2.05, 4.69) is 10.00 Å². The maximum Gasteiger partial charge on any atom is 0.293 e. The second-order valence-corrected chi connectivity index (χ2v) is 5.37. The quantitative estimate of drug-likeness (QED) is 0.624. The molecule has 0 radical (unpaired) electrons. The lowest BCUT2D eigenvalue weighted by Gasteiger charge is -2.28. The van der Waals surface area contributed by atoms with E-state index in [-0.39, 0.29) is 10.6 Å². The molecule has 6 nitrogen and oxygen atoms in total. The maximum absolute atomic E-state index is 11.4. The van der Waals surface area contributed by atoms with Crippen molar-refractivity contribution < 1.29 is 4.92 Å². The molecule has 1 aromatic heterocycles. The van der Waals surface area contributed by atoms with E-state index in [4.69, 9.17) is 0 Å². The summed E-state index contributed by atoms with van der Waals surface area (Å²) in [5.74, 6) is 0. The van der Waals surface area contributed by atoms with Gasteiger partial charge in [-0.25, -0.2) is 0 Å². The zero-order valence-electron chi connectivity index (χ0n) is 11.8. The normalized spacial score (nSPS) is 15.8. The number of piperidine rings is 1. The highest BCUT2D eigenvalue weighted by Gasteiger charge is 2.23. The van der Waals surface area contributed by atoms with Gasteiger partial charge in [-0.05, 0) is 32.3 Å². The number of nitro groups is 1. The minimum Gasteiger partial charge on any atom is -0.366 e. The van der Waals surface area contributed by atoms with Gasteiger partial charge in [0.25, 0.3) is 5.69 Å². The number of hydrogen-bond donors (Lipinski definition) is 0. The van der Waals surface area contributed by atoms with Crippen LogP contribution in [0, 0.1) is 17.0 Å². The Hall–Kier alpha value is -2.11. The number of aromatic nitrogens is 2. The number of hydrogen-bond acceptors (Lipinski definition) is 4. The van der Waals surface area contributed by atoms with Crippen molar-refractivity contribution in [2.75, 3.05) is 18.0 Å². The Balaban J connectivity index is 2.18. The van der Waals surface area contributed by atoms with Crippen LogP contribution >= 0.6 is 0 Å². The van der Waals surface area contributed by atoms with E-state index in [1.54, 1.807) is 10.7 Å². The number of rotatable bonds is 2. The fourth-order valence-electron chi connectivity index (χ4n) is 2.88. The minimum atomic E-state index is -0.282. The van der Waals surface area contributed by atoms with Crippen molar-refractivity contribution in [1.29, 1.82) is 0 Å². The first-order valence-corrected chi connectivity index (χ1v) is 6.94. The molecule has 6 heteroatoms. The van der Waals surface area contributed by atoms with E-state index in [1.807, 2.05) is 20.0 Å². The second-order valence-electron chi connectivity index (χ2n) is 5.37. The van der Waals surface area contributed by atoms with Crippen LogP contribution in [-0.2, 0) is 7.05 Å². The van der Waals surface area contributed by atoms with E-state index < -0.39 is 0 Å². The highest BCUT2D eigenvalue weighted by molar-refractivity contribution is 5.89. The topological polar surface area (TPSA) is 64.2 Å². The van der Waals surface area contributed by atoms with Gasteiger partial charge in [0.15, 0.2) is 0 Å². The van der Waals surface area contributed by atoms with Crippen LogP contribution in [0.1, 0.15) is 25.0 Å². The molecule has 3 rings (SSSR count). The van der Waals surface area contributed by atoms with Crippen LogP contribution < -0.4 is 4.90 Å². The predicted octanol–water partition coefficient (Wildman–Crippen LogP) is 2.78. The van der Waals surface area contributed by atoms with Gasteiger partial charge in [0.05, 0.1) is 10.4 Å². The van der Waals surface area contributed by atoms with Crippen LogP contribution in [0.4, 0.5) is 11.4 Å². The van der Waals surface area contributed by atoms with Crippen LogP contribution in [-0.4, -0.2) is 27.8 Å². The predicted molar refractivity (Wildman–Crippen MR) is 78.2 cm³/mol. The maximum atomic E-state index is 11.4. The van der Waals surface area contributed by atoms with E-state index in [0.29, 0.717) is 5.69 Å². The standard InChI is InChI=1S/C14H18N4O2/c1-10-11-8-14(18(19)20)13(9-12(11)15-16(10)2)17-6-4-3-5-7-17/h8-9H,3-7H2,1-2H3. The SMILES string of the molecule is Cc1c2cc([N+](=O)[O-])c(N3CCCCC3)cc2nn1C. The molecule has 2 heterocycles. The summed E-state index contributed by atoms with van der Waals surface area (Å²) >= 11 is 0. The van der Waals surface area contributed by atoms with Gasteiger partial charge in [-0.15, -0.1) is 0 Å². The third-order valence-electron chi connectivity index (χ3n) is 4.12. The molecule has 0 aliphatic carbocycles. The van der Waals surface area contributed by atoms with Crippen LogP contribution in [0.2, 0.25) is 0 Å². The molecule has 1 saturated heterocycles. The highest BCUT2D eigenvalue weighted by atomic mass is 16.6. The Kier molecular flexibility index (Phi) is 3.08. The summed E-state index contributed by atoms with van der Waals surface area (Å²) in [4.78, 5) is 13.2. The number of anilines is 1. The summed E-state index contributed by atoms with van der Waals surface area (Å²) in [6.45, 7) is 3.70. The third kappa shape index (κ3) is 2.01. The Morgan fingerprint density at radius 1 is 1.25 bits per heavy atom. The molecular formula is C14H18N4O2.